The van der Waals surface area contributed by atoms with Gasteiger partial charge in [-0.1, -0.05) is 6.42 Å². The van der Waals surface area contributed by atoms with Crippen molar-refractivity contribution >= 4 is 9.84 Å². The fraction of sp³-hybridized carbons (Fsp3) is 0.846. The molecule has 2 aliphatic heterocycles. The van der Waals surface area contributed by atoms with Crippen LogP contribution in [0.15, 0.2) is 0 Å². The van der Waals surface area contributed by atoms with Crippen LogP contribution in [0, 0.1) is 5.92 Å². The van der Waals surface area contributed by atoms with Crippen LogP contribution in [0.1, 0.15) is 55.0 Å². The maximum absolute atomic E-state index is 12.3. The molecule has 1 aromatic rings. The maximum Gasteiger partial charge on any atom is 0.160 e. The van der Waals surface area contributed by atoms with Gasteiger partial charge >= 0.3 is 0 Å². The maximum atomic E-state index is 12.3. The third-order valence-electron chi connectivity index (χ3n) is 4.75. The predicted molar refractivity (Wildman–Crippen MR) is 73.9 cm³/mol. The minimum Gasteiger partial charge on any atom is -0.311 e. The molecule has 2 unspecified atom stereocenters. The van der Waals surface area contributed by atoms with Crippen molar-refractivity contribution in [2.24, 2.45) is 5.92 Å². The van der Waals surface area contributed by atoms with E-state index < -0.39 is 15.1 Å². The Morgan fingerprint density at radius 1 is 1.10 bits per heavy atom. The molecule has 110 valence electrons. The Morgan fingerprint density at radius 3 is 2.65 bits per heavy atom. The molecule has 0 bridgehead atoms. The molecule has 20 heavy (non-hydrogen) atoms. The lowest BCUT2D eigenvalue weighted by Crippen LogP contribution is -2.36. The second-order valence-electron chi connectivity index (χ2n) is 6.19. The summed E-state index contributed by atoms with van der Waals surface area (Å²) in [5.74, 6) is 2.60. The molecule has 0 radical (unpaired) electrons. The first-order chi connectivity index (χ1) is 9.67. The number of nitrogens with zero attached hydrogens (tertiary/aromatic N) is 3. The van der Waals surface area contributed by atoms with Crippen molar-refractivity contribution < 1.29 is 8.42 Å². The second kappa shape index (κ2) is 4.53. The van der Waals surface area contributed by atoms with Crippen LogP contribution in [-0.2, 0) is 16.4 Å². The van der Waals surface area contributed by atoms with E-state index in [1.54, 1.807) is 0 Å². The predicted octanol–water partition coefficient (Wildman–Crippen LogP) is 0.972. The van der Waals surface area contributed by atoms with Gasteiger partial charge in [-0.25, -0.2) is 8.42 Å². The smallest absolute Gasteiger partial charge is 0.160 e. The van der Waals surface area contributed by atoms with E-state index in [1.165, 1.54) is 12.8 Å². The van der Waals surface area contributed by atoms with E-state index in [1.807, 2.05) is 0 Å². The molecule has 1 aromatic heterocycles. The van der Waals surface area contributed by atoms with Crippen LogP contribution in [0.4, 0.5) is 0 Å². The van der Waals surface area contributed by atoms with Crippen LogP contribution < -0.4 is 5.32 Å². The third kappa shape index (κ3) is 1.98. The lowest BCUT2D eigenvalue weighted by Gasteiger charge is -2.27. The molecule has 0 spiro atoms. The average Bonchev–Trinajstić information content (AvgIpc) is 3.18. The van der Waals surface area contributed by atoms with Gasteiger partial charge in [0.1, 0.15) is 5.25 Å². The third-order valence-corrected chi connectivity index (χ3v) is 6.92. The van der Waals surface area contributed by atoms with Crippen molar-refractivity contribution in [2.45, 2.75) is 49.9 Å². The van der Waals surface area contributed by atoms with Gasteiger partial charge in [0, 0.05) is 13.1 Å². The van der Waals surface area contributed by atoms with Crippen LogP contribution in [0.2, 0.25) is 0 Å². The molecule has 6 nitrogen and oxygen atoms in total. The van der Waals surface area contributed by atoms with Crippen molar-refractivity contribution in [3.05, 3.63) is 11.6 Å². The van der Waals surface area contributed by atoms with Gasteiger partial charge in [0.05, 0.1) is 11.8 Å². The van der Waals surface area contributed by atoms with E-state index in [4.69, 9.17) is 0 Å². The fourth-order valence-corrected chi connectivity index (χ4v) is 5.41. The summed E-state index contributed by atoms with van der Waals surface area (Å²) in [5.41, 5.74) is 0. The molecule has 1 saturated carbocycles. The number of rotatable bonds is 2. The molecule has 3 heterocycles. The monoisotopic (exact) mass is 296 g/mol. The van der Waals surface area contributed by atoms with Crippen LogP contribution in [0.3, 0.4) is 0 Å². The zero-order valence-electron chi connectivity index (χ0n) is 11.5. The van der Waals surface area contributed by atoms with Gasteiger partial charge in [0.25, 0.3) is 0 Å². The van der Waals surface area contributed by atoms with Gasteiger partial charge in [-0.05, 0) is 31.6 Å². The molecule has 1 N–H and O–H groups in total. The Bertz CT molecular complexity index is 620. The first kappa shape index (κ1) is 12.8. The highest BCUT2D eigenvalue weighted by atomic mass is 32.2. The van der Waals surface area contributed by atoms with Gasteiger partial charge in [-0.2, -0.15) is 0 Å². The first-order valence-electron chi connectivity index (χ1n) is 7.55. The summed E-state index contributed by atoms with van der Waals surface area (Å²) in [6, 6.07) is 0.274. The lowest BCUT2D eigenvalue weighted by atomic mass is 10.1. The van der Waals surface area contributed by atoms with Gasteiger partial charge in [0.15, 0.2) is 21.5 Å². The van der Waals surface area contributed by atoms with Gasteiger partial charge in [-0.15, -0.1) is 10.2 Å². The van der Waals surface area contributed by atoms with E-state index in [-0.39, 0.29) is 6.04 Å². The normalized spacial score (nSPS) is 32.8. The van der Waals surface area contributed by atoms with Crippen molar-refractivity contribution in [1.29, 1.82) is 0 Å². The Balaban J connectivity index is 1.73. The molecule has 4 rings (SSSR count). The van der Waals surface area contributed by atoms with Crippen LogP contribution in [0.5, 0.6) is 0 Å². The van der Waals surface area contributed by atoms with Crippen molar-refractivity contribution in [2.75, 3.05) is 12.3 Å². The highest BCUT2D eigenvalue weighted by molar-refractivity contribution is 7.91. The topological polar surface area (TPSA) is 76.9 Å². The van der Waals surface area contributed by atoms with Gasteiger partial charge in [0.2, 0.25) is 0 Å². The van der Waals surface area contributed by atoms with Gasteiger partial charge < -0.3 is 9.88 Å². The van der Waals surface area contributed by atoms with Crippen LogP contribution in [-0.4, -0.2) is 35.5 Å². The molecule has 0 aromatic carbocycles. The largest absolute Gasteiger partial charge is 0.311 e. The quantitative estimate of drug-likeness (QED) is 0.880. The fourth-order valence-electron chi connectivity index (χ4n) is 3.50. The summed E-state index contributed by atoms with van der Waals surface area (Å²) in [5, 5.41) is 11.7. The highest BCUT2D eigenvalue weighted by Crippen LogP contribution is 2.42. The highest BCUT2D eigenvalue weighted by Gasteiger charge is 2.40. The molecular weight excluding hydrogens is 276 g/mol. The van der Waals surface area contributed by atoms with Gasteiger partial charge in [-0.3, -0.25) is 0 Å². The summed E-state index contributed by atoms with van der Waals surface area (Å²) in [6.45, 7) is 1.67. The van der Waals surface area contributed by atoms with E-state index in [2.05, 4.69) is 20.1 Å². The molecule has 3 aliphatic rings. The molecule has 2 atom stereocenters. The summed E-state index contributed by atoms with van der Waals surface area (Å²) in [7, 11) is -3.05. The van der Waals surface area contributed by atoms with Crippen LogP contribution in [0.25, 0.3) is 0 Å². The Morgan fingerprint density at radius 2 is 1.90 bits per heavy atom. The minimum atomic E-state index is -3.05. The molecule has 1 saturated heterocycles. The zero-order chi connectivity index (χ0) is 13.7. The van der Waals surface area contributed by atoms with E-state index in [9.17, 15) is 8.42 Å². The van der Waals surface area contributed by atoms with Crippen molar-refractivity contribution in [3.8, 4) is 0 Å². The SMILES string of the molecule is O=S1(=O)CCCCC1c1nnc2n1CCNC2C1CC1. The number of nitrogens with one attached hydrogen (secondary N) is 1. The standard InChI is InChI=1S/C13H20N4O2S/c18-20(19)8-2-1-3-10(20)12-15-16-13-11(9-4-5-9)14-6-7-17(12)13/h9-11,14H,1-8H2. The van der Waals surface area contributed by atoms with E-state index in [0.717, 1.165) is 31.8 Å². The summed E-state index contributed by atoms with van der Waals surface area (Å²) >= 11 is 0. The number of aromatic nitrogens is 3. The summed E-state index contributed by atoms with van der Waals surface area (Å²) < 4.78 is 26.7. The Hall–Kier alpha value is -0.950. The zero-order valence-corrected chi connectivity index (χ0v) is 12.3. The summed E-state index contributed by atoms with van der Waals surface area (Å²) in [4.78, 5) is 0. The minimum absolute atomic E-state index is 0.274. The Labute approximate surface area is 118 Å². The molecule has 2 fully saturated rings. The average molecular weight is 296 g/mol. The number of hydrogen-bond donors (Lipinski definition) is 1. The molecule has 0 amide bonds. The number of fused-ring (bicyclic) bond motifs is 1. The second-order valence-corrected chi connectivity index (χ2v) is 8.49. The van der Waals surface area contributed by atoms with Crippen molar-refractivity contribution in [1.82, 2.24) is 20.1 Å². The van der Waals surface area contributed by atoms with E-state index in [0.29, 0.717) is 23.9 Å². The molecule has 7 heteroatoms. The first-order valence-corrected chi connectivity index (χ1v) is 9.26. The lowest BCUT2D eigenvalue weighted by molar-refractivity contribution is 0.374. The Kier molecular flexibility index (Phi) is 2.89. The summed E-state index contributed by atoms with van der Waals surface area (Å²) in [6.07, 6.45) is 4.92. The number of sulfone groups is 1. The van der Waals surface area contributed by atoms with E-state index >= 15 is 0 Å². The molecule has 1 aliphatic carbocycles. The molecular formula is C13H20N4O2S. The number of hydrogen-bond acceptors (Lipinski definition) is 5. The van der Waals surface area contributed by atoms with Crippen LogP contribution >= 0.6 is 0 Å². The van der Waals surface area contributed by atoms with Crippen molar-refractivity contribution in [3.63, 3.8) is 0 Å².